The van der Waals surface area contributed by atoms with Gasteiger partial charge >= 0.3 is 5.97 Å². The van der Waals surface area contributed by atoms with Gasteiger partial charge in [0.05, 0.1) is 6.61 Å². The molecule has 7 heteroatoms. The summed E-state index contributed by atoms with van der Waals surface area (Å²) in [5.74, 6) is -0.902. The van der Waals surface area contributed by atoms with Crippen LogP contribution in [0.5, 0.6) is 5.75 Å². The van der Waals surface area contributed by atoms with Crippen LogP contribution in [0.2, 0.25) is 0 Å². The third kappa shape index (κ3) is 6.75. The molecule has 2 rings (SSSR count). The number of hydrogen-bond donors (Lipinski definition) is 2. The zero-order valence-corrected chi connectivity index (χ0v) is 16.0. The highest BCUT2D eigenvalue weighted by Crippen LogP contribution is 2.12. The van der Waals surface area contributed by atoms with Gasteiger partial charge in [-0.2, -0.15) is 0 Å². The predicted molar refractivity (Wildman–Crippen MR) is 105 cm³/mol. The first-order chi connectivity index (χ1) is 13.5. The van der Waals surface area contributed by atoms with Crippen LogP contribution in [0, 0.1) is 0 Å². The molecule has 2 aromatic rings. The minimum absolute atomic E-state index is 0.329. The first-order valence-electron chi connectivity index (χ1n) is 9.07. The van der Waals surface area contributed by atoms with Crippen LogP contribution < -0.4 is 15.4 Å². The molecule has 0 atom stereocenters. The Morgan fingerprint density at radius 1 is 0.929 bits per heavy atom. The van der Waals surface area contributed by atoms with Crippen LogP contribution in [0.15, 0.2) is 48.5 Å². The fourth-order valence-electron chi connectivity index (χ4n) is 2.34. The average molecular weight is 384 g/mol. The van der Waals surface area contributed by atoms with Crippen molar-refractivity contribution in [2.45, 2.75) is 20.3 Å². The molecule has 0 saturated carbocycles. The summed E-state index contributed by atoms with van der Waals surface area (Å²) in [7, 11) is 0. The SMILES string of the molecule is CCOc1ccc(C(=O)NCC(=O)OCC(=O)Nc2ccc(CC)cc2)cc1. The Bertz CT molecular complexity index is 801. The van der Waals surface area contributed by atoms with Gasteiger partial charge in [0.1, 0.15) is 12.3 Å². The van der Waals surface area contributed by atoms with E-state index in [1.54, 1.807) is 36.4 Å². The first kappa shape index (κ1) is 21.0. The van der Waals surface area contributed by atoms with E-state index in [0.29, 0.717) is 23.6 Å². The Morgan fingerprint density at radius 2 is 1.61 bits per heavy atom. The third-order valence-electron chi connectivity index (χ3n) is 3.83. The number of anilines is 1. The number of benzene rings is 2. The number of aryl methyl sites for hydroxylation is 1. The van der Waals surface area contributed by atoms with Gasteiger partial charge in [0, 0.05) is 11.3 Å². The quantitative estimate of drug-likeness (QED) is 0.648. The maximum absolute atomic E-state index is 12.0. The van der Waals surface area contributed by atoms with E-state index in [0.717, 1.165) is 12.0 Å². The summed E-state index contributed by atoms with van der Waals surface area (Å²) in [5.41, 5.74) is 2.18. The zero-order valence-electron chi connectivity index (χ0n) is 16.0. The van der Waals surface area contributed by atoms with Crippen molar-refractivity contribution in [3.05, 3.63) is 59.7 Å². The Morgan fingerprint density at radius 3 is 2.21 bits per heavy atom. The summed E-state index contributed by atoms with van der Waals surface area (Å²) < 4.78 is 10.2. The third-order valence-corrected chi connectivity index (χ3v) is 3.83. The van der Waals surface area contributed by atoms with Crippen molar-refractivity contribution in [2.24, 2.45) is 0 Å². The summed E-state index contributed by atoms with van der Waals surface area (Å²) in [6, 6.07) is 14.0. The van der Waals surface area contributed by atoms with E-state index in [2.05, 4.69) is 10.6 Å². The normalized spacial score (nSPS) is 10.1. The molecular formula is C21H24N2O5. The number of carbonyl (C=O) groups is 3. The highest BCUT2D eigenvalue weighted by atomic mass is 16.5. The first-order valence-corrected chi connectivity index (χ1v) is 9.07. The topological polar surface area (TPSA) is 93.7 Å². The molecule has 0 unspecified atom stereocenters. The monoisotopic (exact) mass is 384 g/mol. The van der Waals surface area contributed by atoms with Crippen LogP contribution in [-0.2, 0) is 20.7 Å². The largest absolute Gasteiger partial charge is 0.494 e. The van der Waals surface area contributed by atoms with Gasteiger partial charge < -0.3 is 20.1 Å². The molecule has 0 aliphatic rings. The summed E-state index contributed by atoms with van der Waals surface area (Å²) in [5, 5.41) is 5.09. The van der Waals surface area contributed by atoms with Crippen molar-refractivity contribution >= 4 is 23.5 Å². The molecule has 2 aromatic carbocycles. The fourth-order valence-corrected chi connectivity index (χ4v) is 2.34. The van der Waals surface area contributed by atoms with Gasteiger partial charge in [-0.3, -0.25) is 14.4 Å². The van der Waals surface area contributed by atoms with E-state index >= 15 is 0 Å². The Kier molecular flexibility index (Phi) is 8.02. The average Bonchev–Trinajstić information content (AvgIpc) is 2.72. The molecule has 148 valence electrons. The molecule has 0 aliphatic carbocycles. The number of rotatable bonds is 9. The number of esters is 1. The van der Waals surface area contributed by atoms with Crippen LogP contribution in [0.1, 0.15) is 29.8 Å². The molecule has 0 aromatic heterocycles. The van der Waals surface area contributed by atoms with E-state index in [4.69, 9.17) is 9.47 Å². The van der Waals surface area contributed by atoms with Crippen LogP contribution in [0.3, 0.4) is 0 Å². The smallest absolute Gasteiger partial charge is 0.325 e. The van der Waals surface area contributed by atoms with E-state index in [9.17, 15) is 14.4 Å². The van der Waals surface area contributed by atoms with Gasteiger partial charge in [0.15, 0.2) is 6.61 Å². The van der Waals surface area contributed by atoms with Gasteiger partial charge in [0.25, 0.3) is 11.8 Å². The second kappa shape index (κ2) is 10.7. The molecule has 2 amide bonds. The lowest BCUT2D eigenvalue weighted by Gasteiger charge is -2.08. The minimum atomic E-state index is -0.698. The summed E-state index contributed by atoms with van der Waals surface area (Å²) in [6.07, 6.45) is 0.911. The number of amides is 2. The number of ether oxygens (including phenoxy) is 2. The number of hydrogen-bond acceptors (Lipinski definition) is 5. The van der Waals surface area contributed by atoms with Crippen LogP contribution >= 0.6 is 0 Å². The zero-order chi connectivity index (χ0) is 20.4. The van der Waals surface area contributed by atoms with Gasteiger partial charge in [-0.15, -0.1) is 0 Å². The molecule has 0 radical (unpaired) electrons. The Hall–Kier alpha value is -3.35. The maximum atomic E-state index is 12.0. The van der Waals surface area contributed by atoms with Gasteiger partial charge in [-0.05, 0) is 55.3 Å². The van der Waals surface area contributed by atoms with Gasteiger partial charge in [0.2, 0.25) is 0 Å². The molecule has 0 spiro atoms. The fraction of sp³-hybridized carbons (Fsp3) is 0.286. The van der Waals surface area contributed by atoms with Crippen LogP contribution in [-0.4, -0.2) is 37.5 Å². The van der Waals surface area contributed by atoms with Gasteiger partial charge in [-0.25, -0.2) is 0 Å². The van der Waals surface area contributed by atoms with Crippen molar-refractivity contribution in [1.29, 1.82) is 0 Å². The van der Waals surface area contributed by atoms with Crippen molar-refractivity contribution < 1.29 is 23.9 Å². The lowest BCUT2D eigenvalue weighted by Crippen LogP contribution is -2.32. The molecule has 0 heterocycles. The molecule has 2 N–H and O–H groups in total. The molecule has 28 heavy (non-hydrogen) atoms. The van der Waals surface area contributed by atoms with Gasteiger partial charge in [-0.1, -0.05) is 19.1 Å². The number of nitrogens with one attached hydrogen (secondary N) is 2. The number of carbonyl (C=O) groups excluding carboxylic acids is 3. The molecule has 0 fully saturated rings. The molecular weight excluding hydrogens is 360 g/mol. The van der Waals surface area contributed by atoms with E-state index in [-0.39, 0.29) is 6.54 Å². The Labute approximate surface area is 164 Å². The second-order valence-corrected chi connectivity index (χ2v) is 5.90. The van der Waals surface area contributed by atoms with E-state index in [1.807, 2.05) is 26.0 Å². The second-order valence-electron chi connectivity index (χ2n) is 5.90. The lowest BCUT2D eigenvalue weighted by molar-refractivity contribution is -0.146. The Balaban J connectivity index is 1.71. The molecule has 0 saturated heterocycles. The predicted octanol–water partition coefficient (Wildman–Crippen LogP) is 2.56. The standard InChI is InChI=1S/C21H24N2O5/c1-3-15-5-9-17(10-6-15)23-19(24)14-28-20(25)13-22-21(26)16-7-11-18(12-8-16)27-4-2/h5-12H,3-4,13-14H2,1-2H3,(H,22,26)(H,23,24). The lowest BCUT2D eigenvalue weighted by atomic mass is 10.1. The summed E-state index contributed by atoms with van der Waals surface area (Å²) in [6.45, 7) is 3.70. The van der Waals surface area contributed by atoms with Crippen LogP contribution in [0.4, 0.5) is 5.69 Å². The minimum Gasteiger partial charge on any atom is -0.494 e. The highest BCUT2D eigenvalue weighted by molar-refractivity contribution is 5.96. The van der Waals surface area contributed by atoms with Crippen molar-refractivity contribution in [2.75, 3.05) is 25.1 Å². The van der Waals surface area contributed by atoms with Crippen molar-refractivity contribution in [1.82, 2.24) is 5.32 Å². The molecule has 0 bridgehead atoms. The molecule has 0 aliphatic heterocycles. The summed E-state index contributed by atoms with van der Waals surface area (Å²) >= 11 is 0. The van der Waals surface area contributed by atoms with Crippen LogP contribution in [0.25, 0.3) is 0 Å². The van der Waals surface area contributed by atoms with Crippen molar-refractivity contribution in [3.8, 4) is 5.75 Å². The van der Waals surface area contributed by atoms with E-state index in [1.165, 1.54) is 0 Å². The van der Waals surface area contributed by atoms with E-state index < -0.39 is 24.4 Å². The molecule has 7 nitrogen and oxygen atoms in total. The highest BCUT2D eigenvalue weighted by Gasteiger charge is 2.11. The summed E-state index contributed by atoms with van der Waals surface area (Å²) in [4.78, 5) is 35.6. The van der Waals surface area contributed by atoms with Crippen molar-refractivity contribution in [3.63, 3.8) is 0 Å². The maximum Gasteiger partial charge on any atom is 0.325 e.